The van der Waals surface area contributed by atoms with E-state index in [-0.39, 0.29) is 34.8 Å². The Labute approximate surface area is 183 Å². The molecule has 3 aliphatic rings. The van der Waals surface area contributed by atoms with E-state index in [4.69, 9.17) is 9.47 Å². The number of carbonyl (C=O) groups excluding carboxylic acids is 1. The predicted molar refractivity (Wildman–Crippen MR) is 107 cm³/mol. The van der Waals surface area contributed by atoms with Gasteiger partial charge < -0.3 is 26.5 Å². The van der Waals surface area contributed by atoms with Crippen LogP contribution in [0, 0.1) is 0 Å². The van der Waals surface area contributed by atoms with Crippen LogP contribution in [-0.2, 0) is 19.7 Å². The number of fused-ring (bicyclic) bond motifs is 1. The maximum absolute atomic E-state index is 13.6. The number of hydrogen-bond acceptors (Lipinski definition) is 3. The van der Waals surface area contributed by atoms with E-state index in [0.29, 0.717) is 12.1 Å². The molecule has 0 aromatic heterocycles. The SMILES string of the molecule is CC(C(=O)O[C@H]1CC2C[C@H]3OC3(C1)[N+]2(C)C)(c1ccccc1)c1ccccc1.[Br-]. The summed E-state index contributed by atoms with van der Waals surface area (Å²) in [5, 5.41) is 0. The van der Waals surface area contributed by atoms with Gasteiger partial charge in [0.2, 0.25) is 5.72 Å². The highest BCUT2D eigenvalue weighted by molar-refractivity contribution is 5.87. The molecule has 0 radical (unpaired) electrons. The van der Waals surface area contributed by atoms with Gasteiger partial charge in [0.1, 0.15) is 11.5 Å². The van der Waals surface area contributed by atoms with Gasteiger partial charge in [0.05, 0.1) is 26.6 Å². The Morgan fingerprint density at radius 3 is 2.10 bits per heavy atom. The second-order valence-corrected chi connectivity index (χ2v) is 9.20. The van der Waals surface area contributed by atoms with Gasteiger partial charge in [-0.2, -0.15) is 0 Å². The molecule has 2 unspecified atom stereocenters. The van der Waals surface area contributed by atoms with Crippen molar-refractivity contribution < 1.29 is 35.7 Å². The highest BCUT2D eigenvalue weighted by Crippen LogP contribution is 2.61. The van der Waals surface area contributed by atoms with Gasteiger partial charge in [0.25, 0.3) is 0 Å². The first-order valence-electron chi connectivity index (χ1n) is 10.2. The number of esters is 1. The number of halogens is 1. The first-order chi connectivity index (χ1) is 13.4. The average Bonchev–Trinajstić information content (AvgIpc) is 3.38. The summed E-state index contributed by atoms with van der Waals surface area (Å²) in [6.45, 7) is 1.98. The number of rotatable bonds is 4. The Morgan fingerprint density at radius 2 is 1.59 bits per heavy atom. The molecule has 3 aliphatic heterocycles. The minimum Gasteiger partial charge on any atom is -1.00 e. The molecule has 4 atom stereocenters. The molecule has 29 heavy (non-hydrogen) atoms. The van der Waals surface area contributed by atoms with Crippen molar-refractivity contribution in [3.05, 3.63) is 71.8 Å². The second kappa shape index (κ2) is 6.93. The van der Waals surface area contributed by atoms with Crippen molar-refractivity contribution in [3.63, 3.8) is 0 Å². The molecule has 1 spiro atoms. The molecule has 154 valence electrons. The molecule has 2 aromatic rings. The van der Waals surface area contributed by atoms with Crippen molar-refractivity contribution in [2.75, 3.05) is 14.1 Å². The van der Waals surface area contributed by atoms with Crippen molar-refractivity contribution in [3.8, 4) is 0 Å². The molecular formula is C24H28BrNO3. The van der Waals surface area contributed by atoms with Gasteiger partial charge in [0, 0.05) is 12.8 Å². The summed E-state index contributed by atoms with van der Waals surface area (Å²) in [6, 6.07) is 20.4. The molecule has 2 bridgehead atoms. The lowest BCUT2D eigenvalue weighted by Crippen LogP contribution is -3.00. The van der Waals surface area contributed by atoms with E-state index in [2.05, 4.69) is 14.1 Å². The number of benzene rings is 2. The van der Waals surface area contributed by atoms with E-state index in [1.54, 1.807) is 0 Å². The number of nitrogens with zero attached hydrogens (tertiary/aromatic N) is 1. The zero-order valence-corrected chi connectivity index (χ0v) is 18.8. The highest BCUT2D eigenvalue weighted by atomic mass is 79.9. The minimum atomic E-state index is -0.829. The van der Waals surface area contributed by atoms with Crippen LogP contribution in [0.3, 0.4) is 0 Å². The van der Waals surface area contributed by atoms with Crippen LogP contribution >= 0.6 is 0 Å². The van der Waals surface area contributed by atoms with Gasteiger partial charge in [0.15, 0.2) is 6.10 Å². The smallest absolute Gasteiger partial charge is 0.321 e. The van der Waals surface area contributed by atoms with Gasteiger partial charge >= 0.3 is 5.97 Å². The third-order valence-corrected chi connectivity index (χ3v) is 7.61. The summed E-state index contributed by atoms with van der Waals surface area (Å²) >= 11 is 0. The summed E-state index contributed by atoms with van der Waals surface area (Å²) in [5.74, 6) is -0.171. The monoisotopic (exact) mass is 457 g/mol. The standard InChI is InChI=1S/C24H28NO3.BrH/c1-23(17-10-6-4-7-11-17,18-12-8-5-9-13-18)22(26)27-20-14-19-15-21-24(16-20,28-21)25(19,2)3;/h4-13,19-21H,14-16H2,1-3H3;1H/q+1;/p-1/t19?,20-,21+,24?;/m0./s1. The lowest BCUT2D eigenvalue weighted by atomic mass is 9.76. The fourth-order valence-corrected chi connectivity index (χ4v) is 5.56. The van der Waals surface area contributed by atoms with Crippen molar-refractivity contribution >= 4 is 5.97 Å². The van der Waals surface area contributed by atoms with Crippen molar-refractivity contribution in [1.29, 1.82) is 0 Å². The molecule has 3 heterocycles. The molecule has 0 amide bonds. The first kappa shape index (κ1) is 20.6. The fraction of sp³-hybridized carbons (Fsp3) is 0.458. The van der Waals surface area contributed by atoms with Gasteiger partial charge in [-0.25, -0.2) is 0 Å². The normalized spacial score (nSPS) is 31.3. The van der Waals surface area contributed by atoms with Gasteiger partial charge in [-0.15, -0.1) is 0 Å². The molecule has 0 aliphatic carbocycles. The maximum Gasteiger partial charge on any atom is 0.321 e. The molecular weight excluding hydrogens is 430 g/mol. The number of epoxide rings is 1. The van der Waals surface area contributed by atoms with Crippen molar-refractivity contribution in [2.45, 2.75) is 55.6 Å². The molecule has 3 saturated heterocycles. The molecule has 3 fully saturated rings. The van der Waals surface area contributed by atoms with E-state index >= 15 is 0 Å². The highest BCUT2D eigenvalue weighted by Gasteiger charge is 2.78. The van der Waals surface area contributed by atoms with Crippen LogP contribution in [-0.4, -0.2) is 48.5 Å². The zero-order valence-electron chi connectivity index (χ0n) is 17.2. The quantitative estimate of drug-likeness (QED) is 0.384. The van der Waals surface area contributed by atoms with Gasteiger partial charge in [-0.1, -0.05) is 60.7 Å². The molecule has 4 nitrogen and oxygen atoms in total. The Morgan fingerprint density at radius 1 is 1.03 bits per heavy atom. The van der Waals surface area contributed by atoms with Crippen LogP contribution < -0.4 is 17.0 Å². The van der Waals surface area contributed by atoms with Crippen LogP contribution in [0.4, 0.5) is 0 Å². The summed E-state index contributed by atoms with van der Waals surface area (Å²) in [7, 11) is 4.52. The van der Waals surface area contributed by atoms with E-state index in [0.717, 1.165) is 34.9 Å². The molecule has 0 saturated carbocycles. The van der Waals surface area contributed by atoms with E-state index in [1.165, 1.54) is 0 Å². The Hall–Kier alpha value is -1.69. The van der Waals surface area contributed by atoms with Gasteiger partial charge in [-0.3, -0.25) is 9.28 Å². The van der Waals surface area contributed by atoms with Crippen LogP contribution in [0.15, 0.2) is 60.7 Å². The van der Waals surface area contributed by atoms with E-state index in [9.17, 15) is 4.79 Å². The van der Waals surface area contributed by atoms with Crippen molar-refractivity contribution in [1.82, 2.24) is 0 Å². The number of quaternary nitrogens is 1. The fourth-order valence-electron chi connectivity index (χ4n) is 5.56. The summed E-state index contributed by atoms with van der Waals surface area (Å²) in [5.41, 5.74) is 0.953. The van der Waals surface area contributed by atoms with E-state index < -0.39 is 5.41 Å². The Balaban J connectivity index is 0.00000205. The average molecular weight is 458 g/mol. The molecule has 0 N–H and O–H groups in total. The maximum atomic E-state index is 13.6. The van der Waals surface area contributed by atoms with Crippen LogP contribution in [0.2, 0.25) is 0 Å². The summed E-state index contributed by atoms with van der Waals surface area (Å²) in [6.07, 6.45) is 3.05. The van der Waals surface area contributed by atoms with Crippen LogP contribution in [0.1, 0.15) is 37.3 Å². The molecule has 5 heteroatoms. The molecule has 5 rings (SSSR count). The predicted octanol–water partition coefficient (Wildman–Crippen LogP) is 0.646. The topological polar surface area (TPSA) is 38.8 Å². The molecule has 2 aromatic carbocycles. The number of hydrogen-bond donors (Lipinski definition) is 0. The summed E-state index contributed by atoms with van der Waals surface area (Å²) < 4.78 is 13.2. The van der Waals surface area contributed by atoms with Crippen LogP contribution in [0.5, 0.6) is 0 Å². The number of likely N-dealkylation sites (N-methyl/N-ethyl adjacent to an activating group) is 1. The second-order valence-electron chi connectivity index (χ2n) is 9.20. The number of ether oxygens (including phenoxy) is 2. The Kier molecular flexibility index (Phi) is 4.92. The minimum absolute atomic E-state index is 0. The van der Waals surface area contributed by atoms with Gasteiger partial charge in [-0.05, 0) is 18.1 Å². The Bertz CT molecular complexity index is 861. The number of carbonyl (C=O) groups is 1. The third-order valence-electron chi connectivity index (χ3n) is 7.61. The van der Waals surface area contributed by atoms with Crippen molar-refractivity contribution in [2.24, 2.45) is 0 Å². The summed E-state index contributed by atoms with van der Waals surface area (Å²) in [4.78, 5) is 13.6. The van der Waals surface area contributed by atoms with Crippen LogP contribution in [0.25, 0.3) is 0 Å². The third kappa shape index (κ3) is 2.89. The zero-order chi connectivity index (χ0) is 19.6. The van der Waals surface area contributed by atoms with E-state index in [1.807, 2.05) is 67.6 Å². The largest absolute Gasteiger partial charge is 1.00 e. The lowest BCUT2D eigenvalue weighted by Gasteiger charge is -2.45. The number of piperidine rings is 1. The lowest BCUT2D eigenvalue weighted by molar-refractivity contribution is -0.959. The first-order valence-corrected chi connectivity index (χ1v) is 10.2.